The Bertz CT molecular complexity index is 1540. The van der Waals surface area contributed by atoms with Crippen molar-refractivity contribution in [2.75, 3.05) is 5.32 Å². The molecule has 5 rings (SSSR count). The highest BCUT2D eigenvalue weighted by Gasteiger charge is 2.16. The van der Waals surface area contributed by atoms with E-state index in [9.17, 15) is 9.18 Å². The number of aromatic nitrogens is 3. The smallest absolute Gasteiger partial charge is 0.256 e. The van der Waals surface area contributed by atoms with Crippen molar-refractivity contribution in [2.45, 2.75) is 26.9 Å². The third-order valence-electron chi connectivity index (χ3n) is 6.27. The number of hydrogen-bond acceptors (Lipinski definition) is 2. The van der Waals surface area contributed by atoms with Crippen LogP contribution in [0.3, 0.4) is 0 Å². The van der Waals surface area contributed by atoms with Gasteiger partial charge in [0.15, 0.2) is 5.82 Å². The van der Waals surface area contributed by atoms with Crippen molar-refractivity contribution in [2.24, 2.45) is 0 Å². The third-order valence-corrected chi connectivity index (χ3v) is 6.54. The van der Waals surface area contributed by atoms with Crippen LogP contribution in [0.25, 0.3) is 10.9 Å². The predicted octanol–water partition coefficient (Wildman–Crippen LogP) is 6.60. The minimum absolute atomic E-state index is 0.266. The maximum absolute atomic E-state index is 13.5. The van der Waals surface area contributed by atoms with Crippen LogP contribution in [-0.2, 0) is 13.1 Å². The fourth-order valence-corrected chi connectivity index (χ4v) is 4.52. The first kappa shape index (κ1) is 22.9. The van der Waals surface area contributed by atoms with Gasteiger partial charge in [-0.1, -0.05) is 54.1 Å². The van der Waals surface area contributed by atoms with Crippen LogP contribution >= 0.6 is 11.6 Å². The fraction of sp³-hybridized carbons (Fsp3) is 0.143. The predicted molar refractivity (Wildman–Crippen MR) is 138 cm³/mol. The summed E-state index contributed by atoms with van der Waals surface area (Å²) in [6.07, 6.45) is 1.61. The maximum atomic E-state index is 13.5. The molecular weight excluding hydrogens is 463 g/mol. The lowest BCUT2D eigenvalue weighted by Gasteiger charge is -2.09. The molecule has 0 atom stereocenters. The largest absolute Gasteiger partial charge is 0.340 e. The average Bonchev–Trinajstić information content (AvgIpc) is 3.30. The van der Waals surface area contributed by atoms with Crippen molar-refractivity contribution in [1.82, 2.24) is 14.3 Å². The third kappa shape index (κ3) is 4.70. The van der Waals surface area contributed by atoms with Gasteiger partial charge in [-0.05, 0) is 60.9 Å². The first-order valence-corrected chi connectivity index (χ1v) is 11.7. The normalized spacial score (nSPS) is 11.2. The molecule has 0 spiro atoms. The van der Waals surface area contributed by atoms with Crippen LogP contribution < -0.4 is 5.32 Å². The number of carbonyl (C=O) groups is 1. The number of nitrogens with one attached hydrogen (secondary N) is 1. The number of anilines is 1. The molecule has 0 radical (unpaired) electrons. The molecule has 2 aromatic heterocycles. The molecule has 0 aliphatic carbocycles. The van der Waals surface area contributed by atoms with Gasteiger partial charge in [0.05, 0.1) is 6.54 Å². The van der Waals surface area contributed by atoms with E-state index in [-0.39, 0.29) is 17.5 Å². The molecule has 2 heterocycles. The van der Waals surface area contributed by atoms with E-state index >= 15 is 0 Å². The number of amides is 1. The zero-order valence-corrected chi connectivity index (χ0v) is 20.2. The van der Waals surface area contributed by atoms with Gasteiger partial charge < -0.3 is 9.88 Å². The van der Waals surface area contributed by atoms with Crippen LogP contribution in [0.5, 0.6) is 0 Å². The van der Waals surface area contributed by atoms with Crippen LogP contribution in [0.15, 0.2) is 79.0 Å². The second-order valence-electron chi connectivity index (χ2n) is 8.62. The number of benzene rings is 3. The number of rotatable bonds is 6. The zero-order chi connectivity index (χ0) is 24.5. The Balaban J connectivity index is 1.38. The first-order valence-electron chi connectivity index (χ1n) is 11.3. The lowest BCUT2D eigenvalue weighted by atomic mass is 10.1. The van der Waals surface area contributed by atoms with Crippen molar-refractivity contribution < 1.29 is 9.18 Å². The molecule has 0 aliphatic heterocycles. The number of hydrogen-bond donors (Lipinski definition) is 1. The fourth-order valence-electron chi connectivity index (χ4n) is 4.33. The Labute approximate surface area is 207 Å². The second-order valence-corrected chi connectivity index (χ2v) is 9.03. The maximum Gasteiger partial charge on any atom is 0.256 e. The summed E-state index contributed by atoms with van der Waals surface area (Å²) >= 11 is 6.32. The molecule has 5 aromatic rings. The Hall–Kier alpha value is -3.90. The summed E-state index contributed by atoms with van der Waals surface area (Å²) in [5.74, 6) is -0.340. The van der Waals surface area contributed by atoms with Crippen molar-refractivity contribution in [3.8, 4) is 0 Å². The molecule has 0 unspecified atom stereocenters. The highest BCUT2D eigenvalue weighted by Crippen LogP contribution is 2.28. The van der Waals surface area contributed by atoms with Crippen LogP contribution in [-0.4, -0.2) is 20.3 Å². The van der Waals surface area contributed by atoms with Gasteiger partial charge in [0, 0.05) is 34.9 Å². The number of halogens is 2. The summed E-state index contributed by atoms with van der Waals surface area (Å²) in [7, 11) is 0. The van der Waals surface area contributed by atoms with Gasteiger partial charge >= 0.3 is 0 Å². The summed E-state index contributed by atoms with van der Waals surface area (Å²) in [6.45, 7) is 5.28. The van der Waals surface area contributed by atoms with E-state index < -0.39 is 0 Å². The summed E-state index contributed by atoms with van der Waals surface area (Å²) < 4.78 is 17.3. The molecule has 0 aliphatic rings. The van der Waals surface area contributed by atoms with E-state index in [1.54, 1.807) is 23.0 Å². The van der Waals surface area contributed by atoms with E-state index in [1.807, 2.05) is 36.4 Å². The van der Waals surface area contributed by atoms with Gasteiger partial charge in [0.1, 0.15) is 10.8 Å². The Kier molecular flexibility index (Phi) is 6.14. The van der Waals surface area contributed by atoms with Crippen LogP contribution in [0.4, 0.5) is 10.2 Å². The second kappa shape index (κ2) is 9.39. The van der Waals surface area contributed by atoms with E-state index in [2.05, 4.69) is 41.0 Å². The molecule has 7 heteroatoms. The van der Waals surface area contributed by atoms with Gasteiger partial charge in [-0.25, -0.2) is 4.39 Å². The lowest BCUT2D eigenvalue weighted by Crippen LogP contribution is -2.13. The van der Waals surface area contributed by atoms with Crippen molar-refractivity contribution in [3.05, 3.63) is 118 Å². The van der Waals surface area contributed by atoms with Crippen molar-refractivity contribution in [3.63, 3.8) is 0 Å². The quantitative estimate of drug-likeness (QED) is 0.294. The molecule has 3 aromatic carbocycles. The average molecular weight is 487 g/mol. The molecule has 0 fully saturated rings. The molecule has 176 valence electrons. The van der Waals surface area contributed by atoms with Crippen molar-refractivity contribution >= 4 is 34.2 Å². The molecule has 0 saturated heterocycles. The SMILES string of the molecule is Cc1c(C)n(Cc2ccccc2)c2ccc(C(=O)Nc3nn(Cc4cccc(F)c4)cc3Cl)cc12. The van der Waals surface area contributed by atoms with Gasteiger partial charge in [-0.3, -0.25) is 9.48 Å². The first-order chi connectivity index (χ1) is 16.9. The molecule has 5 nitrogen and oxygen atoms in total. The number of nitrogens with zero attached hydrogens (tertiary/aromatic N) is 3. The molecule has 35 heavy (non-hydrogen) atoms. The molecule has 1 amide bonds. The molecular formula is C28H24ClFN4O. The topological polar surface area (TPSA) is 51.9 Å². The number of fused-ring (bicyclic) bond motifs is 1. The minimum atomic E-state index is -0.312. The molecule has 1 N–H and O–H groups in total. The van der Waals surface area contributed by atoms with E-state index in [0.717, 1.165) is 28.6 Å². The number of aryl methyl sites for hydroxylation is 1. The number of carbonyl (C=O) groups excluding carboxylic acids is 1. The lowest BCUT2D eigenvalue weighted by molar-refractivity contribution is 0.102. The van der Waals surface area contributed by atoms with E-state index in [4.69, 9.17) is 11.6 Å². The summed E-state index contributed by atoms with van der Waals surface area (Å²) in [6, 6.07) is 22.3. The van der Waals surface area contributed by atoms with E-state index in [0.29, 0.717) is 17.1 Å². The van der Waals surface area contributed by atoms with E-state index in [1.165, 1.54) is 23.4 Å². The highest BCUT2D eigenvalue weighted by atomic mass is 35.5. The Morgan fingerprint density at radius 3 is 2.51 bits per heavy atom. The van der Waals surface area contributed by atoms with Crippen LogP contribution in [0.2, 0.25) is 5.02 Å². The van der Waals surface area contributed by atoms with Gasteiger partial charge in [-0.15, -0.1) is 0 Å². The minimum Gasteiger partial charge on any atom is -0.340 e. The van der Waals surface area contributed by atoms with Gasteiger partial charge in [0.25, 0.3) is 5.91 Å². The van der Waals surface area contributed by atoms with Gasteiger partial charge in [-0.2, -0.15) is 5.10 Å². The molecule has 0 saturated carbocycles. The van der Waals surface area contributed by atoms with Crippen molar-refractivity contribution in [1.29, 1.82) is 0 Å². The van der Waals surface area contributed by atoms with Gasteiger partial charge in [0.2, 0.25) is 0 Å². The summed E-state index contributed by atoms with van der Waals surface area (Å²) in [5, 5.41) is 8.53. The molecule has 0 bridgehead atoms. The van der Waals surface area contributed by atoms with Crippen LogP contribution in [0.1, 0.15) is 32.7 Å². The summed E-state index contributed by atoms with van der Waals surface area (Å²) in [5.41, 5.74) is 5.88. The summed E-state index contributed by atoms with van der Waals surface area (Å²) in [4.78, 5) is 13.0. The van der Waals surface area contributed by atoms with Crippen LogP contribution in [0, 0.1) is 19.7 Å². The standard InChI is InChI=1S/C28H24ClFN4O/c1-18-19(2)34(16-20-7-4-3-5-8-20)26-12-11-22(14-24(18)26)28(35)31-27-25(29)17-33(32-27)15-21-9-6-10-23(30)13-21/h3-14,17H,15-16H2,1-2H3,(H,31,32,35). The Morgan fingerprint density at radius 1 is 0.971 bits per heavy atom. The zero-order valence-electron chi connectivity index (χ0n) is 19.4. The highest BCUT2D eigenvalue weighted by molar-refractivity contribution is 6.33. The Morgan fingerprint density at radius 2 is 1.74 bits per heavy atom. The monoisotopic (exact) mass is 486 g/mol.